The Balaban J connectivity index is 1.82. The molecular weight excluding hydrogens is 284 g/mol. The highest BCUT2D eigenvalue weighted by Gasteiger charge is 1.95. The van der Waals surface area contributed by atoms with Crippen LogP contribution in [0.5, 0.6) is 0 Å². The van der Waals surface area contributed by atoms with Crippen molar-refractivity contribution in [3.8, 4) is 0 Å². The summed E-state index contributed by atoms with van der Waals surface area (Å²) in [5.74, 6) is 0. The zero-order valence-corrected chi connectivity index (χ0v) is 11.0. The fourth-order valence-corrected chi connectivity index (χ4v) is 2.07. The third kappa shape index (κ3) is 3.63. The van der Waals surface area contributed by atoms with Crippen molar-refractivity contribution in [2.75, 3.05) is 0 Å². The number of hydrogen-bond donors (Lipinski definition) is 1. The van der Waals surface area contributed by atoms with Gasteiger partial charge in [0, 0.05) is 17.2 Å². The highest BCUT2D eigenvalue weighted by molar-refractivity contribution is 9.10. The number of halogens is 1. The average molecular weight is 295 g/mol. The molecule has 4 heteroatoms. The van der Waals surface area contributed by atoms with E-state index in [1.165, 1.54) is 5.56 Å². The normalized spacial score (nSPS) is 10.3. The average Bonchev–Trinajstić information content (AvgIpc) is 2.33. The van der Waals surface area contributed by atoms with E-state index in [0.717, 1.165) is 16.0 Å². The number of rotatable bonds is 4. The van der Waals surface area contributed by atoms with Gasteiger partial charge in [-0.05, 0) is 45.6 Å². The minimum absolute atomic E-state index is 0.837. The lowest BCUT2D eigenvalue weighted by Crippen LogP contribution is -2.03. The highest BCUT2D eigenvalue weighted by Crippen LogP contribution is 2.15. The zero-order valence-electron chi connectivity index (χ0n) is 8.56. The summed E-state index contributed by atoms with van der Waals surface area (Å²) in [7, 11) is 0. The number of aromatic nitrogens is 1. The predicted molar refractivity (Wildman–Crippen MR) is 71.1 cm³/mol. The van der Waals surface area contributed by atoms with Gasteiger partial charge in [-0.25, -0.2) is 4.98 Å². The molecule has 0 radical (unpaired) electrons. The molecule has 2 aromatic rings. The second kappa shape index (κ2) is 6.03. The summed E-state index contributed by atoms with van der Waals surface area (Å²) < 4.78 is 4.28. The molecular formula is C12H11BrN2S. The minimum atomic E-state index is 0.837. The van der Waals surface area contributed by atoms with Gasteiger partial charge in [0.05, 0.1) is 0 Å². The van der Waals surface area contributed by atoms with Gasteiger partial charge in [-0.15, -0.1) is 0 Å². The molecule has 0 aliphatic heterocycles. The monoisotopic (exact) mass is 294 g/mol. The first-order chi connectivity index (χ1) is 7.84. The van der Waals surface area contributed by atoms with Crippen LogP contribution in [0.4, 0.5) is 0 Å². The van der Waals surface area contributed by atoms with Crippen LogP contribution in [0.25, 0.3) is 0 Å². The summed E-state index contributed by atoms with van der Waals surface area (Å²) in [6.45, 7) is 0.837. The lowest BCUT2D eigenvalue weighted by molar-refractivity contribution is 0.966. The van der Waals surface area contributed by atoms with E-state index in [2.05, 4.69) is 37.8 Å². The number of nitrogens with one attached hydrogen (secondary N) is 1. The Morgan fingerprint density at radius 3 is 2.62 bits per heavy atom. The van der Waals surface area contributed by atoms with Gasteiger partial charge in [0.25, 0.3) is 0 Å². The third-order valence-electron chi connectivity index (χ3n) is 2.00. The molecule has 16 heavy (non-hydrogen) atoms. The SMILES string of the molecule is Brc1ccc(SNCc2ccccc2)nc1. The summed E-state index contributed by atoms with van der Waals surface area (Å²) in [5, 5.41) is 0.971. The molecule has 1 heterocycles. The van der Waals surface area contributed by atoms with E-state index < -0.39 is 0 Å². The summed E-state index contributed by atoms with van der Waals surface area (Å²) in [6.07, 6.45) is 1.80. The lowest BCUT2D eigenvalue weighted by Gasteiger charge is -2.03. The largest absolute Gasteiger partial charge is 0.254 e. The Labute approximate surface area is 108 Å². The van der Waals surface area contributed by atoms with Crippen molar-refractivity contribution >= 4 is 27.9 Å². The van der Waals surface area contributed by atoms with E-state index in [1.807, 2.05) is 30.3 Å². The van der Waals surface area contributed by atoms with Crippen LogP contribution in [-0.2, 0) is 6.54 Å². The number of nitrogens with zero attached hydrogens (tertiary/aromatic N) is 1. The highest BCUT2D eigenvalue weighted by atomic mass is 79.9. The molecule has 0 saturated carbocycles. The van der Waals surface area contributed by atoms with Gasteiger partial charge in [-0.1, -0.05) is 30.3 Å². The first kappa shape index (κ1) is 11.6. The Hall–Kier alpha value is -0.840. The van der Waals surface area contributed by atoms with Gasteiger partial charge in [0.15, 0.2) is 0 Å². The van der Waals surface area contributed by atoms with Crippen LogP contribution in [0.2, 0.25) is 0 Å². The van der Waals surface area contributed by atoms with Crippen LogP contribution in [0.1, 0.15) is 5.56 Å². The van der Waals surface area contributed by atoms with E-state index in [9.17, 15) is 0 Å². The van der Waals surface area contributed by atoms with Gasteiger partial charge in [-0.3, -0.25) is 4.72 Å². The Morgan fingerprint density at radius 1 is 1.12 bits per heavy atom. The van der Waals surface area contributed by atoms with E-state index in [-0.39, 0.29) is 0 Å². The summed E-state index contributed by atoms with van der Waals surface area (Å²) >= 11 is 4.90. The molecule has 0 amide bonds. The summed E-state index contributed by atoms with van der Waals surface area (Å²) in [6, 6.07) is 14.3. The smallest absolute Gasteiger partial charge is 0.111 e. The first-order valence-electron chi connectivity index (χ1n) is 4.90. The summed E-state index contributed by atoms with van der Waals surface area (Å²) in [5.41, 5.74) is 1.27. The van der Waals surface area contributed by atoms with Crippen LogP contribution >= 0.6 is 27.9 Å². The standard InChI is InChI=1S/C12H11BrN2S/c13-11-6-7-12(14-9-11)16-15-8-10-4-2-1-3-5-10/h1-7,9,15H,8H2. The van der Waals surface area contributed by atoms with Crippen LogP contribution in [0, 0.1) is 0 Å². The van der Waals surface area contributed by atoms with Gasteiger partial charge in [-0.2, -0.15) is 0 Å². The molecule has 0 aliphatic rings. The Bertz CT molecular complexity index is 431. The van der Waals surface area contributed by atoms with E-state index >= 15 is 0 Å². The molecule has 0 fully saturated rings. The predicted octanol–water partition coefficient (Wildman–Crippen LogP) is 3.64. The van der Waals surface area contributed by atoms with Gasteiger partial charge >= 0.3 is 0 Å². The van der Waals surface area contributed by atoms with Crippen LogP contribution in [0.3, 0.4) is 0 Å². The Kier molecular flexibility index (Phi) is 4.39. The van der Waals surface area contributed by atoms with E-state index in [4.69, 9.17) is 0 Å². The van der Waals surface area contributed by atoms with Crippen LogP contribution in [0.15, 0.2) is 58.2 Å². The molecule has 0 bridgehead atoms. The number of pyridine rings is 1. The van der Waals surface area contributed by atoms with Gasteiger partial charge in [0.1, 0.15) is 5.03 Å². The molecule has 0 unspecified atom stereocenters. The maximum atomic E-state index is 4.26. The fourth-order valence-electron chi connectivity index (χ4n) is 1.21. The molecule has 2 rings (SSSR count). The molecule has 82 valence electrons. The van der Waals surface area contributed by atoms with Gasteiger partial charge in [0.2, 0.25) is 0 Å². The van der Waals surface area contributed by atoms with Crippen LogP contribution < -0.4 is 4.72 Å². The molecule has 0 aliphatic carbocycles. The molecule has 0 atom stereocenters. The second-order valence-electron chi connectivity index (χ2n) is 3.22. The van der Waals surface area contributed by atoms with E-state index in [1.54, 1.807) is 18.1 Å². The van der Waals surface area contributed by atoms with Crippen molar-refractivity contribution in [2.24, 2.45) is 0 Å². The third-order valence-corrected chi connectivity index (χ3v) is 3.20. The number of hydrogen-bond acceptors (Lipinski definition) is 3. The molecule has 1 N–H and O–H groups in total. The molecule has 1 aromatic heterocycles. The summed E-state index contributed by atoms with van der Waals surface area (Å²) in [4.78, 5) is 4.26. The van der Waals surface area contributed by atoms with Crippen molar-refractivity contribution < 1.29 is 0 Å². The zero-order chi connectivity index (χ0) is 11.2. The van der Waals surface area contributed by atoms with Crippen molar-refractivity contribution in [2.45, 2.75) is 11.6 Å². The van der Waals surface area contributed by atoms with Crippen molar-refractivity contribution in [1.82, 2.24) is 9.71 Å². The van der Waals surface area contributed by atoms with Gasteiger partial charge < -0.3 is 0 Å². The van der Waals surface area contributed by atoms with Crippen molar-refractivity contribution in [1.29, 1.82) is 0 Å². The molecule has 0 spiro atoms. The second-order valence-corrected chi connectivity index (χ2v) is 5.05. The maximum absolute atomic E-state index is 4.26. The fraction of sp³-hybridized carbons (Fsp3) is 0.0833. The Morgan fingerprint density at radius 2 is 1.94 bits per heavy atom. The lowest BCUT2D eigenvalue weighted by atomic mass is 10.2. The quantitative estimate of drug-likeness (QED) is 0.872. The van der Waals surface area contributed by atoms with Crippen molar-refractivity contribution in [3.63, 3.8) is 0 Å². The maximum Gasteiger partial charge on any atom is 0.111 e. The van der Waals surface area contributed by atoms with Crippen molar-refractivity contribution in [3.05, 3.63) is 58.7 Å². The van der Waals surface area contributed by atoms with Crippen LogP contribution in [-0.4, -0.2) is 4.98 Å². The number of benzene rings is 1. The van der Waals surface area contributed by atoms with E-state index in [0.29, 0.717) is 0 Å². The first-order valence-corrected chi connectivity index (χ1v) is 6.51. The minimum Gasteiger partial charge on any atom is -0.254 e. The molecule has 0 saturated heterocycles. The topological polar surface area (TPSA) is 24.9 Å². The molecule has 1 aromatic carbocycles. The molecule has 2 nitrogen and oxygen atoms in total.